The highest BCUT2D eigenvalue weighted by molar-refractivity contribution is 6.01. The Kier molecular flexibility index (Phi) is 5.27. The van der Waals surface area contributed by atoms with E-state index in [-0.39, 0.29) is 18.1 Å². The van der Waals surface area contributed by atoms with Crippen LogP contribution in [0, 0.1) is 5.41 Å². The van der Waals surface area contributed by atoms with Crippen LogP contribution in [0.4, 0.5) is 0 Å². The van der Waals surface area contributed by atoms with Crippen LogP contribution in [0.3, 0.4) is 0 Å². The van der Waals surface area contributed by atoms with Crippen LogP contribution in [0.1, 0.15) is 37.6 Å². The molecule has 0 bridgehead atoms. The molecule has 2 unspecified atom stereocenters. The van der Waals surface area contributed by atoms with Crippen molar-refractivity contribution in [3.05, 3.63) is 23.8 Å². The van der Waals surface area contributed by atoms with E-state index in [1.807, 2.05) is 6.92 Å². The molecule has 2 atom stereocenters. The Labute approximate surface area is 147 Å². The van der Waals surface area contributed by atoms with E-state index < -0.39 is 22.8 Å². The van der Waals surface area contributed by atoms with Crippen molar-refractivity contribution in [2.24, 2.45) is 5.41 Å². The zero-order valence-electron chi connectivity index (χ0n) is 15.2. The van der Waals surface area contributed by atoms with Crippen LogP contribution >= 0.6 is 0 Å². The molecular weight excluding hydrogens is 326 g/mol. The summed E-state index contributed by atoms with van der Waals surface area (Å²) in [5.74, 6) is -0.780. The number of carbonyl (C=O) groups excluding carboxylic acids is 1. The Balaban J connectivity index is 2.33. The van der Waals surface area contributed by atoms with Crippen LogP contribution in [0.2, 0.25) is 0 Å². The second-order valence-corrected chi connectivity index (χ2v) is 6.60. The first-order valence-corrected chi connectivity index (χ1v) is 8.13. The number of carboxylic acid groups (broad SMARTS) is 1. The quantitative estimate of drug-likeness (QED) is 0.781. The molecule has 2 N–H and O–H groups in total. The van der Waals surface area contributed by atoms with Gasteiger partial charge in [0.15, 0.2) is 0 Å². The second-order valence-electron chi connectivity index (χ2n) is 6.60. The molecule has 0 aliphatic heterocycles. The maximum Gasteiger partial charge on any atom is 0.330 e. The second kappa shape index (κ2) is 6.92. The molecule has 1 saturated carbocycles. The van der Waals surface area contributed by atoms with E-state index in [0.717, 1.165) is 0 Å². The zero-order valence-corrected chi connectivity index (χ0v) is 15.2. The van der Waals surface area contributed by atoms with Crippen LogP contribution < -0.4 is 14.8 Å². The van der Waals surface area contributed by atoms with E-state index in [1.165, 1.54) is 20.3 Å². The molecule has 25 heavy (non-hydrogen) atoms. The number of rotatable bonds is 7. The van der Waals surface area contributed by atoms with Crippen molar-refractivity contribution < 1.29 is 28.9 Å². The number of hydrogen-bond donors (Lipinski definition) is 2. The number of ether oxygens (including phenoxy) is 3. The highest BCUT2D eigenvalue weighted by atomic mass is 16.5. The van der Waals surface area contributed by atoms with Gasteiger partial charge in [0.25, 0.3) is 5.91 Å². The van der Waals surface area contributed by atoms with Crippen LogP contribution in [-0.2, 0) is 9.53 Å². The first kappa shape index (κ1) is 19.1. The molecule has 1 aliphatic rings. The first-order chi connectivity index (χ1) is 11.7. The molecule has 1 amide bonds. The third-order valence-electron chi connectivity index (χ3n) is 5.11. The van der Waals surface area contributed by atoms with Crippen molar-refractivity contribution in [3.63, 3.8) is 0 Å². The minimum absolute atomic E-state index is 0.210. The first-order valence-electron chi connectivity index (χ1n) is 8.13. The van der Waals surface area contributed by atoms with Gasteiger partial charge in [-0.3, -0.25) is 4.79 Å². The van der Waals surface area contributed by atoms with Gasteiger partial charge >= 0.3 is 5.97 Å². The van der Waals surface area contributed by atoms with Crippen molar-refractivity contribution >= 4 is 11.9 Å². The van der Waals surface area contributed by atoms with Gasteiger partial charge in [-0.05, 0) is 25.1 Å². The number of aliphatic carboxylic acids is 1. The molecule has 138 valence electrons. The highest BCUT2D eigenvalue weighted by Crippen LogP contribution is 2.51. The molecule has 2 rings (SSSR count). The van der Waals surface area contributed by atoms with Crippen molar-refractivity contribution in [1.29, 1.82) is 0 Å². The van der Waals surface area contributed by atoms with E-state index in [2.05, 4.69) is 5.32 Å². The van der Waals surface area contributed by atoms with Gasteiger partial charge in [-0.1, -0.05) is 13.8 Å². The van der Waals surface area contributed by atoms with Crippen LogP contribution in [0.25, 0.3) is 0 Å². The minimum Gasteiger partial charge on any atom is -0.497 e. The van der Waals surface area contributed by atoms with E-state index >= 15 is 0 Å². The normalized spacial score (nSPS) is 24.1. The molecule has 0 heterocycles. The molecule has 0 radical (unpaired) electrons. The Morgan fingerprint density at radius 2 is 1.96 bits per heavy atom. The summed E-state index contributed by atoms with van der Waals surface area (Å²) >= 11 is 0. The smallest absolute Gasteiger partial charge is 0.330 e. The van der Waals surface area contributed by atoms with E-state index in [4.69, 9.17) is 14.2 Å². The molecule has 0 spiro atoms. The molecule has 1 aliphatic carbocycles. The lowest BCUT2D eigenvalue weighted by Crippen LogP contribution is -2.76. The van der Waals surface area contributed by atoms with Crippen LogP contribution in [0.15, 0.2) is 18.2 Å². The largest absolute Gasteiger partial charge is 0.497 e. The number of carboxylic acids is 1. The third-order valence-corrected chi connectivity index (χ3v) is 5.11. The fourth-order valence-corrected chi connectivity index (χ4v) is 3.29. The summed E-state index contributed by atoms with van der Waals surface area (Å²) in [6, 6.07) is 4.80. The molecular formula is C18H25NO6. The van der Waals surface area contributed by atoms with E-state index in [1.54, 1.807) is 26.0 Å². The molecule has 0 saturated heterocycles. The van der Waals surface area contributed by atoms with E-state index in [0.29, 0.717) is 18.1 Å². The Bertz CT molecular complexity index is 672. The third kappa shape index (κ3) is 3.04. The van der Waals surface area contributed by atoms with Crippen molar-refractivity contribution in [2.75, 3.05) is 20.8 Å². The SMILES string of the molecule is CCOC1CC(NC(=O)c2cc(OC)ccc2OC)(C(=O)O)C1(C)C. The number of nitrogens with one attached hydrogen (secondary N) is 1. The van der Waals surface area contributed by atoms with Gasteiger partial charge in [0, 0.05) is 18.4 Å². The molecule has 1 aromatic carbocycles. The number of hydrogen-bond acceptors (Lipinski definition) is 5. The Morgan fingerprint density at radius 3 is 2.44 bits per heavy atom. The van der Waals surface area contributed by atoms with Gasteiger partial charge in [-0.15, -0.1) is 0 Å². The monoisotopic (exact) mass is 351 g/mol. The Morgan fingerprint density at radius 1 is 1.28 bits per heavy atom. The molecule has 1 fully saturated rings. The molecule has 1 aromatic rings. The predicted molar refractivity (Wildman–Crippen MR) is 91.2 cm³/mol. The van der Waals surface area contributed by atoms with Crippen LogP contribution in [-0.4, -0.2) is 49.5 Å². The summed E-state index contributed by atoms with van der Waals surface area (Å²) < 4.78 is 16.0. The summed E-state index contributed by atoms with van der Waals surface area (Å²) in [6.45, 7) is 5.92. The minimum atomic E-state index is -1.40. The summed E-state index contributed by atoms with van der Waals surface area (Å²) in [5, 5.41) is 12.5. The number of methoxy groups -OCH3 is 2. The van der Waals surface area contributed by atoms with Gasteiger partial charge in [-0.25, -0.2) is 4.79 Å². The average Bonchev–Trinajstić information content (AvgIpc) is 2.59. The lowest BCUT2D eigenvalue weighted by atomic mass is 9.54. The number of benzene rings is 1. The zero-order chi connectivity index (χ0) is 18.8. The van der Waals surface area contributed by atoms with Gasteiger partial charge in [-0.2, -0.15) is 0 Å². The van der Waals surface area contributed by atoms with Gasteiger partial charge in [0.1, 0.15) is 17.0 Å². The van der Waals surface area contributed by atoms with Gasteiger partial charge in [0.05, 0.1) is 25.9 Å². The maximum absolute atomic E-state index is 12.8. The number of carbonyl (C=O) groups is 2. The lowest BCUT2D eigenvalue weighted by molar-refractivity contribution is -0.190. The van der Waals surface area contributed by atoms with E-state index in [9.17, 15) is 14.7 Å². The topological polar surface area (TPSA) is 94.1 Å². The molecule has 0 aromatic heterocycles. The summed E-state index contributed by atoms with van der Waals surface area (Å²) in [5.41, 5.74) is -1.94. The van der Waals surface area contributed by atoms with Crippen LogP contribution in [0.5, 0.6) is 11.5 Å². The predicted octanol–water partition coefficient (Wildman–Crippen LogP) is 2.09. The fraction of sp³-hybridized carbons (Fsp3) is 0.556. The summed E-state index contributed by atoms with van der Waals surface area (Å²) in [7, 11) is 2.94. The highest BCUT2D eigenvalue weighted by Gasteiger charge is 2.66. The standard InChI is InChI=1S/C18H25NO6/c1-6-25-14-10-18(16(21)22,17(14,2)3)19-15(20)12-9-11(23-4)7-8-13(12)24-5/h7-9,14H,6,10H2,1-5H3,(H,19,20)(H,21,22). The molecule has 7 heteroatoms. The number of amides is 1. The lowest BCUT2D eigenvalue weighted by Gasteiger charge is -2.58. The molecule has 7 nitrogen and oxygen atoms in total. The van der Waals surface area contributed by atoms with Gasteiger partial charge in [0.2, 0.25) is 0 Å². The Hall–Kier alpha value is -2.28. The maximum atomic E-state index is 12.8. The van der Waals surface area contributed by atoms with Crippen molar-refractivity contribution in [3.8, 4) is 11.5 Å². The van der Waals surface area contributed by atoms with Crippen molar-refractivity contribution in [1.82, 2.24) is 5.32 Å². The summed E-state index contributed by atoms with van der Waals surface area (Å²) in [6.07, 6.45) is -0.0256. The average molecular weight is 351 g/mol. The fourth-order valence-electron chi connectivity index (χ4n) is 3.29. The summed E-state index contributed by atoms with van der Waals surface area (Å²) in [4.78, 5) is 24.8. The van der Waals surface area contributed by atoms with Gasteiger partial charge < -0.3 is 24.6 Å². The van der Waals surface area contributed by atoms with Crippen molar-refractivity contribution in [2.45, 2.75) is 38.8 Å².